The van der Waals surface area contributed by atoms with E-state index in [1.807, 2.05) is 6.92 Å². The van der Waals surface area contributed by atoms with Crippen molar-refractivity contribution in [2.24, 2.45) is 0 Å². The Labute approximate surface area is 140 Å². The minimum Gasteiger partial charge on any atom is -0.494 e. The average molecular weight is 350 g/mol. The highest BCUT2D eigenvalue weighted by Gasteiger charge is 2.26. The van der Waals surface area contributed by atoms with Gasteiger partial charge in [0.15, 0.2) is 9.84 Å². The number of nitro groups is 1. The number of benzene rings is 2. The summed E-state index contributed by atoms with van der Waals surface area (Å²) >= 11 is 0. The summed E-state index contributed by atoms with van der Waals surface area (Å²) in [6.45, 7) is 2.61. The van der Waals surface area contributed by atoms with Crippen molar-refractivity contribution in [1.29, 1.82) is 0 Å². The smallest absolute Gasteiger partial charge is 0.311 e. The van der Waals surface area contributed by atoms with Crippen LogP contribution < -0.4 is 10.1 Å². The average Bonchev–Trinajstić information content (AvgIpc) is 2.53. The van der Waals surface area contributed by atoms with Gasteiger partial charge in [0.1, 0.15) is 16.3 Å². The summed E-state index contributed by atoms with van der Waals surface area (Å²) in [7, 11) is -3.71. The molecule has 0 bridgehead atoms. The Balaban J connectivity index is 2.34. The number of anilines is 2. The zero-order valence-corrected chi connectivity index (χ0v) is 14.2. The summed E-state index contributed by atoms with van der Waals surface area (Å²) in [5, 5.41) is 14.2. The number of hydrogen-bond acceptors (Lipinski definition) is 6. The lowest BCUT2D eigenvalue weighted by atomic mass is 10.2. The van der Waals surface area contributed by atoms with Crippen LogP contribution in [0.5, 0.6) is 5.75 Å². The van der Waals surface area contributed by atoms with Crippen LogP contribution in [-0.4, -0.2) is 26.2 Å². The second kappa shape index (κ2) is 7.31. The molecule has 0 atom stereocenters. The van der Waals surface area contributed by atoms with Crippen LogP contribution >= 0.6 is 0 Å². The van der Waals surface area contributed by atoms with Gasteiger partial charge in [-0.2, -0.15) is 0 Å². The second-order valence-electron chi connectivity index (χ2n) is 5.18. The van der Waals surface area contributed by atoms with Crippen molar-refractivity contribution in [3.05, 3.63) is 52.6 Å². The van der Waals surface area contributed by atoms with Crippen molar-refractivity contribution >= 4 is 26.9 Å². The third-order valence-electron chi connectivity index (χ3n) is 3.19. The van der Waals surface area contributed by atoms with Crippen LogP contribution in [0.4, 0.5) is 17.1 Å². The molecule has 0 saturated heterocycles. The van der Waals surface area contributed by atoms with E-state index in [4.69, 9.17) is 4.74 Å². The minimum absolute atomic E-state index is 0.116. The predicted octanol–water partition coefficient (Wildman–Crippen LogP) is 3.53. The predicted molar refractivity (Wildman–Crippen MR) is 91.7 cm³/mol. The maximum atomic E-state index is 11.8. The van der Waals surface area contributed by atoms with E-state index in [0.717, 1.165) is 12.7 Å². The first-order valence-electron chi connectivity index (χ1n) is 7.30. The van der Waals surface area contributed by atoms with E-state index >= 15 is 0 Å². The number of rotatable bonds is 7. The Bertz CT molecular complexity index is 832. The molecule has 0 aliphatic carbocycles. The Hall–Kier alpha value is -2.61. The molecular weight excluding hydrogens is 332 g/mol. The fourth-order valence-electron chi connectivity index (χ4n) is 2.12. The molecule has 24 heavy (non-hydrogen) atoms. The standard InChI is InChI=1S/C16H18N2O5S/c1-3-11-23-13-9-7-12(8-10-13)17-14-5-4-6-15(24(2,21)22)16(14)18(19)20/h4-10,17H,3,11H2,1-2H3. The maximum absolute atomic E-state index is 11.8. The second-order valence-corrected chi connectivity index (χ2v) is 7.16. The molecule has 2 aromatic rings. The lowest BCUT2D eigenvalue weighted by Crippen LogP contribution is -2.05. The summed E-state index contributed by atoms with van der Waals surface area (Å²) in [6, 6.07) is 11.1. The van der Waals surface area contributed by atoms with Crippen molar-refractivity contribution in [2.45, 2.75) is 18.2 Å². The number of nitrogens with zero attached hydrogens (tertiary/aromatic N) is 1. The van der Waals surface area contributed by atoms with E-state index in [2.05, 4.69) is 5.32 Å². The van der Waals surface area contributed by atoms with Gasteiger partial charge in [-0.05, 0) is 42.8 Å². The van der Waals surface area contributed by atoms with Gasteiger partial charge in [-0.25, -0.2) is 8.42 Å². The molecule has 0 aliphatic rings. The summed E-state index contributed by atoms with van der Waals surface area (Å²) in [4.78, 5) is 10.3. The van der Waals surface area contributed by atoms with Crippen molar-refractivity contribution in [3.8, 4) is 5.75 Å². The SMILES string of the molecule is CCCOc1ccc(Nc2cccc(S(C)(=O)=O)c2[N+](=O)[O-])cc1. The van der Waals surface area contributed by atoms with Crippen molar-refractivity contribution in [2.75, 3.05) is 18.2 Å². The topological polar surface area (TPSA) is 98.5 Å². The quantitative estimate of drug-likeness (QED) is 0.606. The summed E-state index contributed by atoms with van der Waals surface area (Å²) < 4.78 is 29.0. The van der Waals surface area contributed by atoms with Crippen LogP contribution in [0.15, 0.2) is 47.4 Å². The molecule has 128 valence electrons. The number of sulfone groups is 1. The molecule has 1 N–H and O–H groups in total. The van der Waals surface area contributed by atoms with Crippen molar-refractivity contribution in [1.82, 2.24) is 0 Å². The Morgan fingerprint density at radius 2 is 1.83 bits per heavy atom. The van der Waals surface area contributed by atoms with Crippen molar-refractivity contribution in [3.63, 3.8) is 0 Å². The summed E-state index contributed by atoms with van der Waals surface area (Å²) in [5.41, 5.74) is 0.240. The molecule has 8 heteroatoms. The monoisotopic (exact) mass is 350 g/mol. The van der Waals surface area contributed by atoms with Gasteiger partial charge in [0, 0.05) is 11.9 Å². The fourth-order valence-corrected chi connectivity index (χ4v) is 2.98. The first kappa shape index (κ1) is 17.7. The van der Waals surface area contributed by atoms with Gasteiger partial charge in [-0.3, -0.25) is 10.1 Å². The van der Waals surface area contributed by atoms with Gasteiger partial charge < -0.3 is 10.1 Å². The number of para-hydroxylation sites is 1. The van der Waals surface area contributed by atoms with E-state index in [9.17, 15) is 18.5 Å². The van der Waals surface area contributed by atoms with E-state index in [1.54, 1.807) is 24.3 Å². The highest BCUT2D eigenvalue weighted by atomic mass is 32.2. The zero-order chi connectivity index (χ0) is 17.7. The van der Waals surface area contributed by atoms with Gasteiger partial charge in [0.05, 0.1) is 11.5 Å². The maximum Gasteiger partial charge on any atom is 0.311 e. The highest BCUT2D eigenvalue weighted by molar-refractivity contribution is 7.90. The van der Waals surface area contributed by atoms with Gasteiger partial charge >= 0.3 is 5.69 Å². The molecule has 0 amide bonds. The summed E-state index contributed by atoms with van der Waals surface area (Å²) in [6.07, 6.45) is 1.84. The number of ether oxygens (including phenoxy) is 1. The van der Waals surface area contributed by atoms with Crippen LogP contribution in [-0.2, 0) is 9.84 Å². The third-order valence-corrected chi connectivity index (χ3v) is 4.32. The molecule has 0 fully saturated rings. The number of hydrogen-bond donors (Lipinski definition) is 1. The van der Waals surface area contributed by atoms with E-state index < -0.39 is 20.4 Å². The molecule has 0 unspecified atom stereocenters. The summed E-state index contributed by atoms with van der Waals surface area (Å²) in [5.74, 6) is 0.696. The molecule has 0 saturated carbocycles. The zero-order valence-electron chi connectivity index (χ0n) is 13.4. The van der Waals surface area contributed by atoms with E-state index in [0.29, 0.717) is 18.0 Å². The molecule has 7 nitrogen and oxygen atoms in total. The lowest BCUT2D eigenvalue weighted by molar-refractivity contribution is -0.386. The molecule has 2 rings (SSSR count). The van der Waals surface area contributed by atoms with Crippen LogP contribution in [0.1, 0.15) is 13.3 Å². The minimum atomic E-state index is -3.71. The van der Waals surface area contributed by atoms with Gasteiger partial charge in [0.2, 0.25) is 0 Å². The largest absolute Gasteiger partial charge is 0.494 e. The first-order chi connectivity index (χ1) is 11.3. The van der Waals surface area contributed by atoms with Crippen LogP contribution in [0.25, 0.3) is 0 Å². The first-order valence-corrected chi connectivity index (χ1v) is 9.19. The molecule has 0 heterocycles. The van der Waals surface area contributed by atoms with Gasteiger partial charge in [-0.15, -0.1) is 0 Å². The molecule has 0 radical (unpaired) electrons. The highest BCUT2D eigenvalue weighted by Crippen LogP contribution is 2.34. The molecule has 0 aliphatic heterocycles. The lowest BCUT2D eigenvalue weighted by Gasteiger charge is -2.10. The molecule has 0 aromatic heterocycles. The Morgan fingerprint density at radius 1 is 1.17 bits per heavy atom. The van der Waals surface area contributed by atoms with Crippen LogP contribution in [0.2, 0.25) is 0 Å². The number of nitrogens with one attached hydrogen (secondary N) is 1. The Morgan fingerprint density at radius 3 is 2.38 bits per heavy atom. The fraction of sp³-hybridized carbons (Fsp3) is 0.250. The van der Waals surface area contributed by atoms with Gasteiger partial charge in [0.25, 0.3) is 0 Å². The molecule has 2 aromatic carbocycles. The van der Waals surface area contributed by atoms with Crippen LogP contribution in [0.3, 0.4) is 0 Å². The molecular formula is C16H18N2O5S. The van der Waals surface area contributed by atoms with Crippen LogP contribution in [0, 0.1) is 10.1 Å². The Kier molecular flexibility index (Phi) is 5.40. The normalized spacial score (nSPS) is 11.1. The van der Waals surface area contributed by atoms with Gasteiger partial charge in [-0.1, -0.05) is 13.0 Å². The third kappa shape index (κ3) is 4.23. The van der Waals surface area contributed by atoms with Crippen molar-refractivity contribution < 1.29 is 18.1 Å². The van der Waals surface area contributed by atoms with E-state index in [1.165, 1.54) is 18.2 Å². The molecule has 0 spiro atoms. The van der Waals surface area contributed by atoms with E-state index in [-0.39, 0.29) is 10.6 Å². The number of nitro benzene ring substituents is 1.